The van der Waals surface area contributed by atoms with Gasteiger partial charge in [0.2, 0.25) is 0 Å². The lowest BCUT2D eigenvalue weighted by Crippen LogP contribution is -3.00. The van der Waals surface area contributed by atoms with Crippen LogP contribution in [0, 0.1) is 0 Å². The zero-order valence-corrected chi connectivity index (χ0v) is 33.8. The van der Waals surface area contributed by atoms with E-state index < -0.39 is 0 Å². The quantitative estimate of drug-likeness (QED) is 0.0449. The molecule has 0 aliphatic carbocycles. The van der Waals surface area contributed by atoms with Crippen molar-refractivity contribution in [3.63, 3.8) is 0 Å². The fourth-order valence-corrected chi connectivity index (χ4v) is 7.88. The van der Waals surface area contributed by atoms with Crippen LogP contribution >= 0.6 is 0 Å². The highest BCUT2D eigenvalue weighted by atomic mass is 19.0. The van der Waals surface area contributed by atoms with Gasteiger partial charge in [-0.2, -0.15) is 0 Å². The van der Waals surface area contributed by atoms with Gasteiger partial charge in [-0.25, -0.2) is 0 Å². The molecule has 0 N–H and O–H groups in total. The third-order valence-corrected chi connectivity index (χ3v) is 11.2. The van der Waals surface area contributed by atoms with Crippen LogP contribution in [0.2, 0.25) is 0 Å². The predicted molar refractivity (Wildman–Crippen MR) is 213 cm³/mol. The highest BCUT2D eigenvalue weighted by Gasteiger charge is 2.25. The molecule has 0 amide bonds. The molecule has 0 aromatic carbocycles. The van der Waals surface area contributed by atoms with Crippen LogP contribution in [-0.4, -0.2) is 30.7 Å². The molecular formula is C45H94FN. The molecule has 286 valence electrons. The summed E-state index contributed by atoms with van der Waals surface area (Å²) in [6, 6.07) is 0. The first-order valence-electron chi connectivity index (χ1n) is 22.6. The van der Waals surface area contributed by atoms with Crippen LogP contribution in [0.25, 0.3) is 0 Å². The molecule has 0 aromatic rings. The minimum absolute atomic E-state index is 0. The molecule has 0 bridgehead atoms. The van der Waals surface area contributed by atoms with Gasteiger partial charge in [0, 0.05) is 0 Å². The molecule has 0 spiro atoms. The maximum Gasteiger partial charge on any atom is 0.0786 e. The topological polar surface area (TPSA) is 0 Å². The molecule has 0 aliphatic heterocycles. The van der Waals surface area contributed by atoms with E-state index in [1.165, 1.54) is 268 Å². The molecule has 0 aliphatic rings. The number of rotatable bonds is 41. The van der Waals surface area contributed by atoms with Gasteiger partial charge >= 0.3 is 0 Å². The van der Waals surface area contributed by atoms with Gasteiger partial charge in [-0.05, 0) is 51.4 Å². The Morgan fingerprint density at radius 3 is 0.468 bits per heavy atom. The Balaban J connectivity index is 0. The number of nitrogens with zero attached hydrogens (tertiary/aromatic N) is 1. The third kappa shape index (κ3) is 37.0. The van der Waals surface area contributed by atoms with Gasteiger partial charge < -0.3 is 9.19 Å². The number of hydrogen-bond acceptors (Lipinski definition) is 0. The van der Waals surface area contributed by atoms with Crippen molar-refractivity contribution in [1.82, 2.24) is 0 Å². The summed E-state index contributed by atoms with van der Waals surface area (Å²) in [7, 11) is 0. The average molecular weight is 668 g/mol. The van der Waals surface area contributed by atoms with Crippen LogP contribution in [0.3, 0.4) is 0 Å². The van der Waals surface area contributed by atoms with Crippen molar-refractivity contribution in [2.75, 3.05) is 26.2 Å². The predicted octanol–water partition coefficient (Wildman–Crippen LogP) is 13.3. The van der Waals surface area contributed by atoms with Gasteiger partial charge in [0.1, 0.15) is 0 Å². The zero-order chi connectivity index (χ0) is 33.5. The minimum Gasteiger partial charge on any atom is -1.00 e. The zero-order valence-electron chi connectivity index (χ0n) is 33.8. The van der Waals surface area contributed by atoms with Crippen LogP contribution in [-0.2, 0) is 0 Å². The Morgan fingerprint density at radius 2 is 0.319 bits per heavy atom. The number of halogens is 1. The fourth-order valence-electron chi connectivity index (χ4n) is 7.88. The first-order chi connectivity index (χ1) is 22.7. The standard InChI is InChI=1S/C45H94N.FH/c1-5-9-13-17-21-22-23-24-25-26-27-28-29-33-37-41-45-46(42-38-34-30-18-14-10-6-2,43-39-35-31-19-15-11-7-3)44-40-36-32-20-16-12-8-4;/h5-45H2,1-4H3;1H/q+1;/p-1. The lowest BCUT2D eigenvalue weighted by Gasteiger charge is -2.40. The number of unbranched alkanes of at least 4 members (excludes halogenated alkanes) is 33. The molecule has 0 rings (SSSR count). The Morgan fingerprint density at radius 1 is 0.191 bits per heavy atom. The fraction of sp³-hybridized carbons (Fsp3) is 1.00. The Bertz CT molecular complexity index is 489. The maximum atomic E-state index is 2.35. The molecule has 0 heterocycles. The molecule has 2 heteroatoms. The van der Waals surface area contributed by atoms with Gasteiger partial charge in [0.15, 0.2) is 0 Å². The van der Waals surface area contributed by atoms with E-state index in [0.29, 0.717) is 0 Å². The summed E-state index contributed by atoms with van der Waals surface area (Å²) in [4.78, 5) is 0. The molecule has 47 heavy (non-hydrogen) atoms. The SMILES string of the molecule is CCCCCCCCCCCCCCCCCC[N+](CCCCCCCCC)(CCCCCCCCC)CCCCCCCCC.[F-]. The second-order valence-corrected chi connectivity index (χ2v) is 15.9. The van der Waals surface area contributed by atoms with Crippen molar-refractivity contribution in [3.8, 4) is 0 Å². The van der Waals surface area contributed by atoms with Crippen molar-refractivity contribution < 1.29 is 9.19 Å². The van der Waals surface area contributed by atoms with E-state index >= 15 is 0 Å². The molecule has 0 saturated carbocycles. The Labute approximate surface area is 299 Å². The van der Waals surface area contributed by atoms with Crippen molar-refractivity contribution >= 4 is 0 Å². The second-order valence-electron chi connectivity index (χ2n) is 15.9. The van der Waals surface area contributed by atoms with E-state index in [0.717, 1.165) is 0 Å². The van der Waals surface area contributed by atoms with E-state index in [-0.39, 0.29) is 4.70 Å². The van der Waals surface area contributed by atoms with Gasteiger partial charge in [0.05, 0.1) is 26.2 Å². The van der Waals surface area contributed by atoms with E-state index in [9.17, 15) is 0 Å². The molecule has 0 unspecified atom stereocenters. The minimum atomic E-state index is 0. The smallest absolute Gasteiger partial charge is 0.0786 e. The van der Waals surface area contributed by atoms with Gasteiger partial charge in [-0.1, -0.05) is 214 Å². The summed E-state index contributed by atoms with van der Waals surface area (Å²) >= 11 is 0. The normalized spacial score (nSPS) is 11.7. The summed E-state index contributed by atoms with van der Waals surface area (Å²) in [6.45, 7) is 15.3. The summed E-state index contributed by atoms with van der Waals surface area (Å²) in [5, 5.41) is 0. The molecule has 0 radical (unpaired) electrons. The van der Waals surface area contributed by atoms with Crippen LogP contribution in [0.4, 0.5) is 0 Å². The molecule has 0 fully saturated rings. The second kappa shape index (κ2) is 42.1. The summed E-state index contributed by atoms with van der Waals surface area (Å²) in [6.07, 6.45) is 54.2. The van der Waals surface area contributed by atoms with Crippen LogP contribution in [0.5, 0.6) is 0 Å². The molecule has 0 aromatic heterocycles. The molecular weight excluding hydrogens is 574 g/mol. The Kier molecular flexibility index (Phi) is 43.9. The Hall–Kier alpha value is -0.110. The molecule has 0 saturated heterocycles. The first-order valence-corrected chi connectivity index (χ1v) is 22.6. The lowest BCUT2D eigenvalue weighted by molar-refractivity contribution is -0.929. The van der Waals surface area contributed by atoms with Gasteiger partial charge in [-0.3, -0.25) is 0 Å². The highest BCUT2D eigenvalue weighted by molar-refractivity contribution is 4.56. The number of hydrogen-bond donors (Lipinski definition) is 0. The van der Waals surface area contributed by atoms with Gasteiger partial charge in [-0.15, -0.1) is 0 Å². The average Bonchev–Trinajstić information content (AvgIpc) is 3.06. The lowest BCUT2D eigenvalue weighted by atomic mass is 10.0. The summed E-state index contributed by atoms with van der Waals surface area (Å²) in [5.74, 6) is 0. The van der Waals surface area contributed by atoms with E-state index in [2.05, 4.69) is 27.7 Å². The van der Waals surface area contributed by atoms with Crippen molar-refractivity contribution in [3.05, 3.63) is 0 Å². The maximum absolute atomic E-state index is 2.35. The van der Waals surface area contributed by atoms with E-state index in [1.807, 2.05) is 0 Å². The first kappa shape index (κ1) is 49.0. The van der Waals surface area contributed by atoms with Crippen LogP contribution < -0.4 is 4.70 Å². The van der Waals surface area contributed by atoms with E-state index in [4.69, 9.17) is 0 Å². The largest absolute Gasteiger partial charge is 1.00 e. The van der Waals surface area contributed by atoms with Crippen molar-refractivity contribution in [1.29, 1.82) is 0 Å². The summed E-state index contributed by atoms with van der Waals surface area (Å²) in [5.41, 5.74) is 0. The van der Waals surface area contributed by atoms with Crippen molar-refractivity contribution in [2.24, 2.45) is 0 Å². The monoisotopic (exact) mass is 668 g/mol. The highest BCUT2D eigenvalue weighted by Crippen LogP contribution is 2.21. The molecule has 0 atom stereocenters. The van der Waals surface area contributed by atoms with Crippen LogP contribution in [0.15, 0.2) is 0 Å². The van der Waals surface area contributed by atoms with Crippen molar-refractivity contribution in [2.45, 2.75) is 265 Å². The molecule has 1 nitrogen and oxygen atoms in total. The third-order valence-electron chi connectivity index (χ3n) is 11.2. The number of quaternary nitrogens is 1. The summed E-state index contributed by atoms with van der Waals surface area (Å²) < 4.78 is 1.48. The van der Waals surface area contributed by atoms with Gasteiger partial charge in [0.25, 0.3) is 0 Å². The van der Waals surface area contributed by atoms with Crippen LogP contribution in [0.1, 0.15) is 265 Å². The van der Waals surface area contributed by atoms with E-state index in [1.54, 1.807) is 0 Å².